The molecule has 0 amide bonds. The largest absolute Gasteiger partial charge is 0.465 e. The lowest BCUT2D eigenvalue weighted by Crippen LogP contribution is -2.16. The van der Waals surface area contributed by atoms with E-state index in [1.54, 1.807) is 0 Å². The van der Waals surface area contributed by atoms with E-state index < -0.39 is 27.6 Å². The molecule has 0 spiro atoms. The summed E-state index contributed by atoms with van der Waals surface area (Å²) in [5.74, 6) is -2.38. The summed E-state index contributed by atoms with van der Waals surface area (Å²) in [6.45, 7) is 0. The van der Waals surface area contributed by atoms with Crippen molar-refractivity contribution in [3.63, 3.8) is 0 Å². The predicted octanol–water partition coefficient (Wildman–Crippen LogP) is 4.14. The first-order valence-corrected chi connectivity index (χ1v) is 10.2. The molecule has 154 valence electrons. The lowest BCUT2D eigenvalue weighted by molar-refractivity contribution is -0.143. The fourth-order valence-electron chi connectivity index (χ4n) is 2.11. The number of halogens is 3. The van der Waals surface area contributed by atoms with Crippen LogP contribution in [0.5, 0.6) is 5.75 Å². The molecule has 0 aromatic heterocycles. The zero-order valence-corrected chi connectivity index (χ0v) is 18.0. The van der Waals surface area contributed by atoms with Crippen LogP contribution in [0, 0.1) is 0 Å². The normalized spacial score (nSPS) is 10.8. The van der Waals surface area contributed by atoms with E-state index in [1.165, 1.54) is 36.4 Å². The topological polar surface area (TPSA) is 96.0 Å². The Balaban J connectivity index is 2.61. The number of benzene rings is 2. The fourth-order valence-corrected chi connectivity index (χ4v) is 3.80. The van der Waals surface area contributed by atoms with Gasteiger partial charge >= 0.3 is 22.1 Å². The molecule has 0 unspecified atom stereocenters. The van der Waals surface area contributed by atoms with E-state index in [2.05, 4.69) is 9.47 Å². The molecule has 7 nitrogen and oxygen atoms in total. The minimum Gasteiger partial charge on any atom is -0.465 e. The number of ether oxygens (including phenoxy) is 2. The van der Waals surface area contributed by atoms with Crippen molar-refractivity contribution >= 4 is 62.9 Å². The van der Waals surface area contributed by atoms with Gasteiger partial charge in [-0.25, -0.2) is 9.59 Å². The van der Waals surface area contributed by atoms with Crippen LogP contribution in [0.3, 0.4) is 0 Å². The summed E-state index contributed by atoms with van der Waals surface area (Å²) in [4.78, 5) is 23.6. The molecule has 29 heavy (non-hydrogen) atoms. The second-order valence-electron chi connectivity index (χ2n) is 5.34. The molecule has 0 atom stereocenters. The monoisotopic (exact) mass is 478 g/mol. The van der Waals surface area contributed by atoms with Gasteiger partial charge in [-0.1, -0.05) is 34.8 Å². The average Bonchev–Trinajstić information content (AvgIpc) is 2.67. The van der Waals surface area contributed by atoms with E-state index >= 15 is 0 Å². The summed E-state index contributed by atoms with van der Waals surface area (Å²) in [6, 6.07) is 7.72. The number of carbonyl (C=O) groups excluding carboxylic acids is 2. The molecule has 2 aromatic carbocycles. The second kappa shape index (κ2) is 9.49. The van der Waals surface area contributed by atoms with E-state index in [-0.39, 0.29) is 26.3 Å². The van der Waals surface area contributed by atoms with E-state index in [0.29, 0.717) is 5.02 Å². The molecule has 0 saturated heterocycles. The highest BCUT2D eigenvalue weighted by Gasteiger charge is 2.24. The van der Waals surface area contributed by atoms with Crippen LogP contribution in [0.2, 0.25) is 15.1 Å². The summed E-state index contributed by atoms with van der Waals surface area (Å²) < 4.78 is 39.5. The quantitative estimate of drug-likeness (QED) is 0.202. The number of esters is 2. The maximum absolute atomic E-state index is 12.6. The van der Waals surface area contributed by atoms with E-state index in [9.17, 15) is 18.0 Å². The minimum atomic E-state index is -4.32. The van der Waals surface area contributed by atoms with Crippen LogP contribution >= 0.6 is 34.8 Å². The van der Waals surface area contributed by atoms with Crippen molar-refractivity contribution in [2.45, 2.75) is 4.90 Å². The molecule has 2 aromatic rings. The highest BCUT2D eigenvalue weighted by atomic mass is 35.5. The summed E-state index contributed by atoms with van der Waals surface area (Å²) in [6.07, 6.45) is 1.00. The number of hydrogen-bond acceptors (Lipinski definition) is 7. The second-order valence-corrected chi connectivity index (χ2v) is 8.16. The molecule has 0 aliphatic carbocycles. The molecule has 0 aliphatic rings. The first-order valence-electron chi connectivity index (χ1n) is 7.66. The van der Waals surface area contributed by atoms with E-state index in [1.807, 2.05) is 0 Å². The van der Waals surface area contributed by atoms with E-state index in [4.69, 9.17) is 39.0 Å². The first kappa shape index (κ1) is 23.0. The summed E-state index contributed by atoms with van der Waals surface area (Å²) >= 11 is 17.8. The van der Waals surface area contributed by atoms with Crippen molar-refractivity contribution in [3.8, 4) is 5.75 Å². The average molecular weight is 480 g/mol. The molecule has 0 aliphatic heterocycles. The molecule has 0 radical (unpaired) electrons. The van der Waals surface area contributed by atoms with Gasteiger partial charge in [0.25, 0.3) is 0 Å². The van der Waals surface area contributed by atoms with Gasteiger partial charge in [0, 0.05) is 15.6 Å². The standard InChI is InChI=1S/C18H13Cl3O7S/c1-26-17(22)14(18(23)27-2)8-10-7-12(20)9-15(21)16(10)28-29(24,25)13-5-3-11(19)4-6-13/h3-9H,1-2H3. The first-order chi connectivity index (χ1) is 13.6. The SMILES string of the molecule is COC(=O)C(=Cc1cc(Cl)cc(Cl)c1OS(=O)(=O)c1ccc(Cl)cc1)C(=O)OC. The van der Waals surface area contributed by atoms with Gasteiger partial charge in [0.1, 0.15) is 10.5 Å². The van der Waals surface area contributed by atoms with Crippen molar-refractivity contribution in [1.82, 2.24) is 0 Å². The molecular weight excluding hydrogens is 467 g/mol. The molecule has 11 heteroatoms. The lowest BCUT2D eigenvalue weighted by Gasteiger charge is -2.13. The Morgan fingerprint density at radius 1 is 0.897 bits per heavy atom. The number of hydrogen-bond donors (Lipinski definition) is 0. The molecule has 0 saturated carbocycles. The highest BCUT2D eigenvalue weighted by molar-refractivity contribution is 7.87. The third kappa shape index (κ3) is 5.63. The van der Waals surface area contributed by atoms with Gasteiger partial charge in [-0.2, -0.15) is 8.42 Å². The van der Waals surface area contributed by atoms with Crippen molar-refractivity contribution in [2.24, 2.45) is 0 Å². The number of methoxy groups -OCH3 is 2. The lowest BCUT2D eigenvalue weighted by atomic mass is 10.1. The van der Waals surface area contributed by atoms with Crippen LogP contribution in [0.4, 0.5) is 0 Å². The maximum atomic E-state index is 12.6. The van der Waals surface area contributed by atoms with Crippen LogP contribution < -0.4 is 4.18 Å². The Bertz CT molecular complexity index is 1060. The maximum Gasteiger partial charge on any atom is 0.345 e. The Kier molecular flexibility index (Phi) is 7.54. The fraction of sp³-hybridized carbons (Fsp3) is 0.111. The highest BCUT2D eigenvalue weighted by Crippen LogP contribution is 2.36. The van der Waals surface area contributed by atoms with Crippen LogP contribution in [0.15, 0.2) is 46.9 Å². The smallest absolute Gasteiger partial charge is 0.345 e. The van der Waals surface area contributed by atoms with Crippen LogP contribution in [0.25, 0.3) is 6.08 Å². The number of rotatable bonds is 6. The van der Waals surface area contributed by atoms with Crippen molar-refractivity contribution < 1.29 is 31.7 Å². The zero-order chi connectivity index (χ0) is 21.8. The van der Waals surface area contributed by atoms with Gasteiger partial charge in [0.15, 0.2) is 5.75 Å². The van der Waals surface area contributed by atoms with Crippen LogP contribution in [0.1, 0.15) is 5.56 Å². The summed E-state index contributed by atoms with van der Waals surface area (Å²) in [7, 11) is -2.20. The van der Waals surface area contributed by atoms with Gasteiger partial charge in [0.2, 0.25) is 0 Å². The molecule has 2 rings (SSSR count). The van der Waals surface area contributed by atoms with Gasteiger partial charge in [-0.15, -0.1) is 0 Å². The van der Waals surface area contributed by atoms with E-state index in [0.717, 1.165) is 20.3 Å². The summed E-state index contributed by atoms with van der Waals surface area (Å²) in [5.41, 5.74) is -0.590. The van der Waals surface area contributed by atoms with Gasteiger partial charge in [-0.05, 0) is 42.5 Å². The Morgan fingerprint density at radius 2 is 1.45 bits per heavy atom. The van der Waals surface area contributed by atoms with Crippen molar-refractivity contribution in [2.75, 3.05) is 14.2 Å². The Labute approximate surface area is 181 Å². The van der Waals surface area contributed by atoms with Gasteiger partial charge in [0.05, 0.1) is 19.2 Å². The summed E-state index contributed by atoms with van der Waals surface area (Å²) in [5, 5.41) is 0.264. The van der Waals surface area contributed by atoms with Crippen molar-refractivity contribution in [3.05, 3.63) is 62.6 Å². The van der Waals surface area contributed by atoms with Gasteiger partial charge < -0.3 is 13.7 Å². The Morgan fingerprint density at radius 3 is 1.97 bits per heavy atom. The van der Waals surface area contributed by atoms with Crippen LogP contribution in [-0.2, 0) is 29.2 Å². The molecular formula is C18H13Cl3O7S. The third-order valence-electron chi connectivity index (χ3n) is 3.44. The number of carbonyl (C=O) groups is 2. The molecule has 0 heterocycles. The molecule has 0 N–H and O–H groups in total. The van der Waals surface area contributed by atoms with Crippen LogP contribution in [-0.4, -0.2) is 34.6 Å². The minimum absolute atomic E-state index is 0.0640. The third-order valence-corrected chi connectivity index (χ3v) is 5.43. The van der Waals surface area contributed by atoms with Crippen molar-refractivity contribution in [1.29, 1.82) is 0 Å². The Hall–Kier alpha value is -2.26. The molecule has 0 fully saturated rings. The zero-order valence-electron chi connectivity index (χ0n) is 14.9. The molecule has 0 bridgehead atoms. The van der Waals surface area contributed by atoms with Gasteiger partial charge in [-0.3, -0.25) is 0 Å². The predicted molar refractivity (Wildman–Crippen MR) is 108 cm³/mol.